The molecule has 0 fully saturated rings. The quantitative estimate of drug-likeness (QED) is 0.441. The number of aromatic nitrogens is 1. The first-order valence-electron chi connectivity index (χ1n) is 4.87. The van der Waals surface area contributed by atoms with Crippen LogP contribution in [-0.2, 0) is 4.74 Å². The second-order valence-electron chi connectivity index (χ2n) is 2.98. The molecule has 0 saturated heterocycles. The molecule has 0 radical (unpaired) electrons. The first-order chi connectivity index (χ1) is 7.33. The number of hydrogen-bond donors (Lipinski definition) is 1. The second kappa shape index (κ2) is 7.26. The van der Waals surface area contributed by atoms with Gasteiger partial charge in [-0.25, -0.2) is 4.98 Å². The van der Waals surface area contributed by atoms with Crippen LogP contribution in [0.3, 0.4) is 0 Å². The van der Waals surface area contributed by atoms with E-state index < -0.39 is 0 Å². The lowest BCUT2D eigenvalue weighted by Crippen LogP contribution is -2.09. The Morgan fingerprint density at radius 2 is 2.40 bits per heavy atom. The first-order valence-corrected chi connectivity index (χ1v) is 5.25. The highest BCUT2D eigenvalue weighted by Gasteiger charge is 1.93. The molecule has 4 heteroatoms. The molecule has 1 N–H and O–H groups in total. The molecular formula is C11H15ClN2O. The number of rotatable bonds is 7. The minimum absolute atomic E-state index is 0.493. The highest BCUT2D eigenvalue weighted by molar-refractivity contribution is 6.29. The Morgan fingerprint density at radius 1 is 1.53 bits per heavy atom. The van der Waals surface area contributed by atoms with Crippen LogP contribution < -0.4 is 5.32 Å². The van der Waals surface area contributed by atoms with Crippen molar-refractivity contribution in [1.29, 1.82) is 0 Å². The molecule has 1 aromatic heterocycles. The summed E-state index contributed by atoms with van der Waals surface area (Å²) in [5.41, 5.74) is 0.960. The van der Waals surface area contributed by atoms with Crippen LogP contribution in [0.4, 0.5) is 5.69 Å². The summed E-state index contributed by atoms with van der Waals surface area (Å²) in [6, 6.07) is 3.65. The molecule has 82 valence electrons. The number of nitrogens with zero attached hydrogens (tertiary/aromatic N) is 1. The molecule has 0 saturated carbocycles. The summed E-state index contributed by atoms with van der Waals surface area (Å²) in [5.74, 6) is 0. The summed E-state index contributed by atoms with van der Waals surface area (Å²) >= 11 is 5.73. The van der Waals surface area contributed by atoms with Gasteiger partial charge in [0.2, 0.25) is 0 Å². The van der Waals surface area contributed by atoms with Crippen LogP contribution in [0.15, 0.2) is 31.0 Å². The summed E-state index contributed by atoms with van der Waals surface area (Å²) in [6.07, 6.45) is 4.40. The maximum absolute atomic E-state index is 5.73. The molecule has 3 nitrogen and oxygen atoms in total. The Hall–Kier alpha value is -1.06. The Labute approximate surface area is 95.1 Å². The Morgan fingerprint density at radius 3 is 3.13 bits per heavy atom. The highest BCUT2D eigenvalue weighted by Crippen LogP contribution is 2.11. The predicted octanol–water partition coefficient (Wildman–Crippen LogP) is 2.74. The van der Waals surface area contributed by atoms with Crippen molar-refractivity contribution < 1.29 is 4.74 Å². The SMILES string of the molecule is C=CCCOCCNc1ccnc(Cl)c1. The van der Waals surface area contributed by atoms with Gasteiger partial charge in [0.15, 0.2) is 0 Å². The number of hydrogen-bond acceptors (Lipinski definition) is 3. The van der Waals surface area contributed by atoms with Crippen LogP contribution in [-0.4, -0.2) is 24.7 Å². The van der Waals surface area contributed by atoms with Crippen LogP contribution in [0.2, 0.25) is 5.15 Å². The van der Waals surface area contributed by atoms with Gasteiger partial charge in [0.05, 0.1) is 13.2 Å². The molecule has 0 bridgehead atoms. The number of ether oxygens (including phenoxy) is 1. The van der Waals surface area contributed by atoms with Gasteiger partial charge in [-0.3, -0.25) is 0 Å². The molecule has 0 aliphatic heterocycles. The lowest BCUT2D eigenvalue weighted by atomic mass is 10.4. The number of halogens is 1. The van der Waals surface area contributed by atoms with E-state index in [1.54, 1.807) is 12.3 Å². The molecule has 0 amide bonds. The molecular weight excluding hydrogens is 212 g/mol. The van der Waals surface area contributed by atoms with Gasteiger partial charge in [-0.05, 0) is 18.6 Å². The fourth-order valence-electron chi connectivity index (χ4n) is 1.05. The van der Waals surface area contributed by atoms with E-state index >= 15 is 0 Å². The van der Waals surface area contributed by atoms with Crippen molar-refractivity contribution in [2.45, 2.75) is 6.42 Å². The summed E-state index contributed by atoms with van der Waals surface area (Å²) in [4.78, 5) is 3.89. The zero-order valence-corrected chi connectivity index (χ0v) is 9.33. The van der Waals surface area contributed by atoms with Gasteiger partial charge in [-0.1, -0.05) is 17.7 Å². The molecule has 1 rings (SSSR count). The van der Waals surface area contributed by atoms with E-state index in [1.165, 1.54) is 0 Å². The van der Waals surface area contributed by atoms with E-state index in [9.17, 15) is 0 Å². The molecule has 0 aliphatic carbocycles. The lowest BCUT2D eigenvalue weighted by molar-refractivity contribution is 0.149. The molecule has 1 aromatic rings. The Kier molecular flexibility index (Phi) is 5.81. The zero-order chi connectivity index (χ0) is 10.9. The fourth-order valence-corrected chi connectivity index (χ4v) is 1.22. The van der Waals surface area contributed by atoms with Gasteiger partial charge >= 0.3 is 0 Å². The van der Waals surface area contributed by atoms with Crippen molar-refractivity contribution in [2.75, 3.05) is 25.1 Å². The molecule has 15 heavy (non-hydrogen) atoms. The lowest BCUT2D eigenvalue weighted by Gasteiger charge is -2.06. The van der Waals surface area contributed by atoms with Gasteiger partial charge < -0.3 is 10.1 Å². The van der Waals surface area contributed by atoms with Gasteiger partial charge in [0, 0.05) is 18.4 Å². The molecule has 1 heterocycles. The van der Waals surface area contributed by atoms with Gasteiger partial charge in [-0.15, -0.1) is 6.58 Å². The minimum Gasteiger partial charge on any atom is -0.383 e. The molecule has 0 spiro atoms. The van der Waals surface area contributed by atoms with E-state index in [1.807, 2.05) is 12.1 Å². The van der Waals surface area contributed by atoms with Crippen molar-refractivity contribution in [2.24, 2.45) is 0 Å². The summed E-state index contributed by atoms with van der Waals surface area (Å²) in [7, 11) is 0. The number of pyridine rings is 1. The normalized spacial score (nSPS) is 9.93. The van der Waals surface area contributed by atoms with E-state index in [2.05, 4.69) is 16.9 Å². The van der Waals surface area contributed by atoms with Crippen LogP contribution in [0.25, 0.3) is 0 Å². The molecule has 0 aromatic carbocycles. The van der Waals surface area contributed by atoms with Gasteiger partial charge in [-0.2, -0.15) is 0 Å². The van der Waals surface area contributed by atoms with E-state index in [0.29, 0.717) is 11.8 Å². The van der Waals surface area contributed by atoms with Crippen LogP contribution >= 0.6 is 11.6 Å². The zero-order valence-electron chi connectivity index (χ0n) is 8.58. The van der Waals surface area contributed by atoms with Crippen LogP contribution in [0.5, 0.6) is 0 Å². The van der Waals surface area contributed by atoms with Crippen molar-refractivity contribution in [3.8, 4) is 0 Å². The second-order valence-corrected chi connectivity index (χ2v) is 3.37. The van der Waals surface area contributed by atoms with Crippen molar-refractivity contribution in [3.63, 3.8) is 0 Å². The first kappa shape index (κ1) is 12.0. The summed E-state index contributed by atoms with van der Waals surface area (Å²) in [5, 5.41) is 3.68. The highest BCUT2D eigenvalue weighted by atomic mass is 35.5. The largest absolute Gasteiger partial charge is 0.383 e. The van der Waals surface area contributed by atoms with Crippen molar-refractivity contribution >= 4 is 17.3 Å². The van der Waals surface area contributed by atoms with Gasteiger partial charge in [0.1, 0.15) is 5.15 Å². The summed E-state index contributed by atoms with van der Waals surface area (Å²) < 4.78 is 5.34. The maximum Gasteiger partial charge on any atom is 0.131 e. The Bertz CT molecular complexity index is 304. The van der Waals surface area contributed by atoms with Crippen LogP contribution in [0, 0.1) is 0 Å². The van der Waals surface area contributed by atoms with E-state index in [-0.39, 0.29) is 0 Å². The number of anilines is 1. The third kappa shape index (κ3) is 5.40. The topological polar surface area (TPSA) is 34.1 Å². The molecule has 0 atom stereocenters. The smallest absolute Gasteiger partial charge is 0.131 e. The Balaban J connectivity index is 2.12. The maximum atomic E-state index is 5.73. The number of nitrogens with one attached hydrogen (secondary N) is 1. The van der Waals surface area contributed by atoms with Gasteiger partial charge in [0.25, 0.3) is 0 Å². The van der Waals surface area contributed by atoms with E-state index in [4.69, 9.17) is 16.3 Å². The van der Waals surface area contributed by atoms with E-state index in [0.717, 1.165) is 25.3 Å². The molecule has 0 unspecified atom stereocenters. The summed E-state index contributed by atoms with van der Waals surface area (Å²) in [6.45, 7) is 5.78. The molecule has 0 aliphatic rings. The fraction of sp³-hybridized carbons (Fsp3) is 0.364. The van der Waals surface area contributed by atoms with Crippen molar-refractivity contribution in [1.82, 2.24) is 4.98 Å². The third-order valence-electron chi connectivity index (χ3n) is 1.77. The van der Waals surface area contributed by atoms with Crippen LogP contribution in [0.1, 0.15) is 6.42 Å². The van der Waals surface area contributed by atoms with Crippen molar-refractivity contribution in [3.05, 3.63) is 36.1 Å². The standard InChI is InChI=1S/C11H15ClN2O/c1-2-3-7-15-8-6-13-10-4-5-14-11(12)9-10/h2,4-5,9H,1,3,6-8H2,(H,13,14). The third-order valence-corrected chi connectivity index (χ3v) is 1.98. The average molecular weight is 227 g/mol. The monoisotopic (exact) mass is 226 g/mol. The predicted molar refractivity (Wildman–Crippen MR) is 63.4 cm³/mol. The average Bonchev–Trinajstić information content (AvgIpc) is 2.23. The minimum atomic E-state index is 0.493.